The molecule has 0 heterocycles. The van der Waals surface area contributed by atoms with Crippen molar-refractivity contribution in [2.75, 3.05) is 0 Å². The first kappa shape index (κ1) is 8.06. The molecule has 1 saturated carbocycles. The quantitative estimate of drug-likeness (QED) is 0.549. The highest BCUT2D eigenvalue weighted by Crippen LogP contribution is 2.52. The molecule has 0 saturated heterocycles. The molecule has 10 heavy (non-hydrogen) atoms. The molecule has 1 rings (SSSR count). The van der Waals surface area contributed by atoms with E-state index in [1.807, 2.05) is 0 Å². The average Bonchev–Trinajstić information content (AvgIpc) is 1.80. The Morgan fingerprint density at radius 1 is 1.40 bits per heavy atom. The van der Waals surface area contributed by atoms with Crippen LogP contribution in [0.4, 0.5) is 0 Å². The maximum absolute atomic E-state index is 5.94. The van der Waals surface area contributed by atoms with Crippen LogP contribution in [0.1, 0.15) is 40.5 Å². The minimum Gasteiger partial charge on any atom is -0.327 e. The molecule has 0 spiro atoms. The van der Waals surface area contributed by atoms with Crippen LogP contribution in [0.25, 0.3) is 0 Å². The van der Waals surface area contributed by atoms with Crippen LogP contribution in [-0.2, 0) is 0 Å². The van der Waals surface area contributed by atoms with Gasteiger partial charge in [0.25, 0.3) is 0 Å². The van der Waals surface area contributed by atoms with Gasteiger partial charge in [-0.2, -0.15) is 0 Å². The maximum Gasteiger partial charge on any atom is 0.00981 e. The Morgan fingerprint density at radius 3 is 1.90 bits per heavy atom. The van der Waals surface area contributed by atoms with Crippen LogP contribution in [0.5, 0.6) is 0 Å². The van der Waals surface area contributed by atoms with Crippen LogP contribution in [-0.4, -0.2) is 6.04 Å². The van der Waals surface area contributed by atoms with Gasteiger partial charge in [-0.3, -0.25) is 0 Å². The molecule has 2 N–H and O–H groups in total. The molecule has 1 heteroatoms. The second-order valence-corrected chi connectivity index (χ2v) is 4.81. The maximum atomic E-state index is 5.94. The van der Waals surface area contributed by atoms with Crippen molar-refractivity contribution in [3.05, 3.63) is 0 Å². The fourth-order valence-electron chi connectivity index (χ4n) is 1.68. The lowest BCUT2D eigenvalue weighted by Crippen LogP contribution is -2.55. The van der Waals surface area contributed by atoms with Gasteiger partial charge in [0.15, 0.2) is 0 Å². The van der Waals surface area contributed by atoms with Gasteiger partial charge in [0, 0.05) is 6.04 Å². The third-order valence-corrected chi connectivity index (χ3v) is 3.51. The van der Waals surface area contributed by atoms with E-state index in [0.717, 1.165) is 0 Å². The molecular formula is C9H19N. The highest BCUT2D eigenvalue weighted by atomic mass is 14.8. The third-order valence-electron chi connectivity index (χ3n) is 3.51. The summed E-state index contributed by atoms with van der Waals surface area (Å²) in [7, 11) is 0. The summed E-state index contributed by atoms with van der Waals surface area (Å²) in [5.74, 6) is 0. The fourth-order valence-corrected chi connectivity index (χ4v) is 1.68. The molecule has 1 aliphatic carbocycles. The van der Waals surface area contributed by atoms with Gasteiger partial charge in [-0.15, -0.1) is 0 Å². The topological polar surface area (TPSA) is 26.0 Å². The Kier molecular flexibility index (Phi) is 1.59. The summed E-state index contributed by atoms with van der Waals surface area (Å²) in [6.07, 6.45) is 2.52. The lowest BCUT2D eigenvalue weighted by molar-refractivity contribution is -0.00862. The molecule has 60 valence electrons. The Labute approximate surface area is 64.0 Å². The van der Waals surface area contributed by atoms with Gasteiger partial charge in [0.2, 0.25) is 0 Å². The fraction of sp³-hybridized carbons (Fsp3) is 1.00. The lowest BCUT2D eigenvalue weighted by atomic mass is 9.53. The SMILES string of the molecule is CC(C)(C)C1(C)CCC1N. The van der Waals surface area contributed by atoms with Crippen molar-refractivity contribution in [2.45, 2.75) is 46.6 Å². The van der Waals surface area contributed by atoms with E-state index in [2.05, 4.69) is 27.7 Å². The Balaban J connectivity index is 2.70. The molecule has 0 radical (unpaired) electrons. The zero-order valence-electron chi connectivity index (χ0n) is 7.57. The van der Waals surface area contributed by atoms with Crippen LogP contribution in [0.2, 0.25) is 0 Å². The van der Waals surface area contributed by atoms with Gasteiger partial charge in [-0.05, 0) is 23.7 Å². The Morgan fingerprint density at radius 2 is 1.90 bits per heavy atom. The summed E-state index contributed by atoms with van der Waals surface area (Å²) < 4.78 is 0. The molecule has 1 aliphatic rings. The van der Waals surface area contributed by atoms with Crippen molar-refractivity contribution >= 4 is 0 Å². The average molecular weight is 141 g/mol. The van der Waals surface area contributed by atoms with Gasteiger partial charge < -0.3 is 5.73 Å². The van der Waals surface area contributed by atoms with Crippen molar-refractivity contribution in [1.82, 2.24) is 0 Å². The van der Waals surface area contributed by atoms with Crippen molar-refractivity contribution in [2.24, 2.45) is 16.6 Å². The van der Waals surface area contributed by atoms with E-state index in [1.165, 1.54) is 12.8 Å². The minimum absolute atomic E-state index is 0.380. The smallest absolute Gasteiger partial charge is 0.00981 e. The Bertz CT molecular complexity index is 134. The lowest BCUT2D eigenvalue weighted by Gasteiger charge is -2.54. The van der Waals surface area contributed by atoms with Gasteiger partial charge in [-0.1, -0.05) is 27.7 Å². The van der Waals surface area contributed by atoms with Crippen molar-refractivity contribution in [3.8, 4) is 0 Å². The number of hydrogen-bond acceptors (Lipinski definition) is 1. The molecule has 1 fully saturated rings. The predicted octanol–water partition coefficient (Wildman–Crippen LogP) is 2.16. The molecule has 0 aliphatic heterocycles. The molecule has 0 aromatic carbocycles. The van der Waals surface area contributed by atoms with Crippen LogP contribution in [0.3, 0.4) is 0 Å². The first-order valence-electron chi connectivity index (χ1n) is 4.13. The van der Waals surface area contributed by atoms with E-state index in [1.54, 1.807) is 0 Å². The number of nitrogens with two attached hydrogens (primary N) is 1. The van der Waals surface area contributed by atoms with Crippen molar-refractivity contribution in [3.63, 3.8) is 0 Å². The molecule has 0 bridgehead atoms. The molecule has 2 atom stereocenters. The summed E-state index contributed by atoms with van der Waals surface area (Å²) in [5.41, 5.74) is 6.72. The van der Waals surface area contributed by atoms with E-state index in [9.17, 15) is 0 Å². The van der Waals surface area contributed by atoms with Gasteiger partial charge in [0.05, 0.1) is 0 Å². The minimum atomic E-state index is 0.380. The van der Waals surface area contributed by atoms with Crippen LogP contribution in [0.15, 0.2) is 0 Å². The summed E-state index contributed by atoms with van der Waals surface area (Å²) >= 11 is 0. The second kappa shape index (κ2) is 1.97. The van der Waals surface area contributed by atoms with Gasteiger partial charge in [-0.25, -0.2) is 0 Å². The van der Waals surface area contributed by atoms with E-state index in [-0.39, 0.29) is 0 Å². The highest BCUT2D eigenvalue weighted by Gasteiger charge is 2.48. The van der Waals surface area contributed by atoms with Gasteiger partial charge in [0.1, 0.15) is 0 Å². The molecule has 0 amide bonds. The molecule has 0 aromatic heterocycles. The third kappa shape index (κ3) is 0.878. The van der Waals surface area contributed by atoms with Crippen LogP contribution >= 0.6 is 0 Å². The summed E-state index contributed by atoms with van der Waals surface area (Å²) in [5, 5.41) is 0. The summed E-state index contributed by atoms with van der Waals surface area (Å²) in [6.45, 7) is 9.16. The zero-order chi connectivity index (χ0) is 7.99. The monoisotopic (exact) mass is 141 g/mol. The molecular weight excluding hydrogens is 122 g/mol. The summed E-state index contributed by atoms with van der Waals surface area (Å²) in [4.78, 5) is 0. The van der Waals surface area contributed by atoms with Crippen LogP contribution < -0.4 is 5.73 Å². The van der Waals surface area contributed by atoms with E-state index >= 15 is 0 Å². The standard InChI is InChI=1S/C9H19N/c1-8(2,3)9(4)6-5-7(9)10/h7H,5-6,10H2,1-4H3. The Hall–Kier alpha value is -0.0400. The normalized spacial score (nSPS) is 41.1. The molecule has 2 unspecified atom stereocenters. The predicted molar refractivity (Wildman–Crippen MR) is 44.8 cm³/mol. The number of rotatable bonds is 0. The second-order valence-electron chi connectivity index (χ2n) is 4.81. The first-order chi connectivity index (χ1) is 4.38. The van der Waals surface area contributed by atoms with Crippen LogP contribution in [0, 0.1) is 10.8 Å². The van der Waals surface area contributed by atoms with E-state index in [0.29, 0.717) is 16.9 Å². The van der Waals surface area contributed by atoms with E-state index in [4.69, 9.17) is 5.73 Å². The van der Waals surface area contributed by atoms with Gasteiger partial charge >= 0.3 is 0 Å². The largest absolute Gasteiger partial charge is 0.327 e. The van der Waals surface area contributed by atoms with Crippen molar-refractivity contribution < 1.29 is 0 Å². The zero-order valence-corrected chi connectivity index (χ0v) is 7.57. The van der Waals surface area contributed by atoms with Crippen molar-refractivity contribution in [1.29, 1.82) is 0 Å². The summed E-state index contributed by atoms with van der Waals surface area (Å²) in [6, 6.07) is 0.437. The molecule has 1 nitrogen and oxygen atoms in total. The first-order valence-corrected chi connectivity index (χ1v) is 4.13. The van der Waals surface area contributed by atoms with E-state index < -0.39 is 0 Å². The number of hydrogen-bond donors (Lipinski definition) is 1. The highest BCUT2D eigenvalue weighted by molar-refractivity contribution is 5.02. The molecule has 0 aromatic rings.